The van der Waals surface area contributed by atoms with Crippen LogP contribution in [0.1, 0.15) is 36.0 Å². The molecule has 2 rings (SSSR count). The smallest absolute Gasteiger partial charge is 0.339 e. The first-order valence-corrected chi connectivity index (χ1v) is 6.99. The Kier molecular flexibility index (Phi) is 4.80. The number of carboxylic acids is 1. The number of carbonyl (C=O) groups excluding carboxylic acids is 1. The van der Waals surface area contributed by atoms with Crippen LogP contribution in [0.15, 0.2) is 18.2 Å². The molecule has 4 N–H and O–H groups in total. The van der Waals surface area contributed by atoms with Gasteiger partial charge in [0, 0.05) is 0 Å². The molecule has 1 aliphatic rings. The van der Waals surface area contributed by atoms with Gasteiger partial charge in [-0.1, -0.05) is 0 Å². The molecule has 1 aliphatic carbocycles. The third-order valence-electron chi connectivity index (χ3n) is 3.93. The Labute approximate surface area is 122 Å². The standard InChI is InChI=1S/C15H19NO5/c16-8-9-1-3-10(4-2-9)15(20)21-11-5-6-13(17)12(7-11)14(18)19/h5-7,9-10,17H,1-4,8,16H2,(H,18,19)/t9-,10-. The lowest BCUT2D eigenvalue weighted by atomic mass is 9.82. The van der Waals surface area contributed by atoms with Gasteiger partial charge in [-0.05, 0) is 56.3 Å². The number of phenols is 1. The first-order chi connectivity index (χ1) is 10.0. The first-order valence-electron chi connectivity index (χ1n) is 6.99. The number of benzene rings is 1. The fraction of sp³-hybridized carbons (Fsp3) is 0.467. The summed E-state index contributed by atoms with van der Waals surface area (Å²) in [5, 5.41) is 18.3. The molecule has 6 heteroatoms. The lowest BCUT2D eigenvalue weighted by Gasteiger charge is -2.26. The zero-order valence-corrected chi connectivity index (χ0v) is 11.6. The number of esters is 1. The molecule has 114 valence electrons. The van der Waals surface area contributed by atoms with Crippen LogP contribution in [0, 0.1) is 11.8 Å². The highest BCUT2D eigenvalue weighted by Crippen LogP contribution is 2.30. The molecule has 0 saturated heterocycles. The number of hydrogen-bond donors (Lipinski definition) is 3. The molecule has 0 unspecified atom stereocenters. The van der Waals surface area contributed by atoms with Crippen LogP contribution in [0.3, 0.4) is 0 Å². The summed E-state index contributed by atoms with van der Waals surface area (Å²) >= 11 is 0. The number of carboxylic acid groups (broad SMARTS) is 1. The van der Waals surface area contributed by atoms with Crippen molar-refractivity contribution in [3.8, 4) is 11.5 Å². The van der Waals surface area contributed by atoms with E-state index in [0.717, 1.165) is 31.7 Å². The lowest BCUT2D eigenvalue weighted by molar-refractivity contribution is -0.140. The second-order valence-corrected chi connectivity index (χ2v) is 5.36. The summed E-state index contributed by atoms with van der Waals surface area (Å²) in [5.41, 5.74) is 5.33. The Hall–Kier alpha value is -2.08. The highest BCUT2D eigenvalue weighted by Gasteiger charge is 2.27. The summed E-state index contributed by atoms with van der Waals surface area (Å²) in [6.07, 6.45) is 3.30. The fourth-order valence-corrected chi connectivity index (χ4v) is 2.58. The maximum absolute atomic E-state index is 12.1. The summed E-state index contributed by atoms with van der Waals surface area (Å²) < 4.78 is 5.22. The fourth-order valence-electron chi connectivity index (χ4n) is 2.58. The molecule has 21 heavy (non-hydrogen) atoms. The predicted molar refractivity (Wildman–Crippen MR) is 75.2 cm³/mol. The van der Waals surface area contributed by atoms with Crippen molar-refractivity contribution in [1.82, 2.24) is 0 Å². The van der Waals surface area contributed by atoms with Gasteiger partial charge in [0.2, 0.25) is 0 Å². The van der Waals surface area contributed by atoms with E-state index in [9.17, 15) is 14.7 Å². The van der Waals surface area contributed by atoms with Gasteiger partial charge in [-0.15, -0.1) is 0 Å². The number of carbonyl (C=O) groups is 2. The van der Waals surface area contributed by atoms with Crippen molar-refractivity contribution in [3.05, 3.63) is 23.8 Å². The van der Waals surface area contributed by atoms with E-state index < -0.39 is 5.97 Å². The van der Waals surface area contributed by atoms with Crippen LogP contribution >= 0.6 is 0 Å². The van der Waals surface area contributed by atoms with Crippen LogP contribution in [0.5, 0.6) is 11.5 Å². The molecule has 1 fully saturated rings. The van der Waals surface area contributed by atoms with Gasteiger partial charge in [0.1, 0.15) is 17.1 Å². The highest BCUT2D eigenvalue weighted by atomic mass is 16.5. The van der Waals surface area contributed by atoms with Gasteiger partial charge in [0.15, 0.2) is 0 Å². The van der Waals surface area contributed by atoms with E-state index in [1.54, 1.807) is 0 Å². The minimum absolute atomic E-state index is 0.135. The molecule has 0 aliphatic heterocycles. The molecule has 0 bridgehead atoms. The maximum atomic E-state index is 12.1. The van der Waals surface area contributed by atoms with Gasteiger partial charge in [-0.3, -0.25) is 4.79 Å². The third kappa shape index (κ3) is 3.72. The molecule has 1 saturated carbocycles. The van der Waals surface area contributed by atoms with Crippen LogP contribution in [0.25, 0.3) is 0 Å². The molecule has 0 aromatic heterocycles. The molecule has 0 atom stereocenters. The predicted octanol–water partition coefficient (Wildman–Crippen LogP) is 1.76. The average Bonchev–Trinajstić information content (AvgIpc) is 2.49. The largest absolute Gasteiger partial charge is 0.507 e. The molecule has 0 heterocycles. The Bertz CT molecular complexity index is 535. The normalized spacial score (nSPS) is 21.8. The summed E-state index contributed by atoms with van der Waals surface area (Å²) in [6.45, 7) is 0.641. The summed E-state index contributed by atoms with van der Waals surface area (Å²) in [6, 6.07) is 3.74. The maximum Gasteiger partial charge on any atom is 0.339 e. The van der Waals surface area contributed by atoms with Crippen molar-refractivity contribution in [1.29, 1.82) is 0 Å². The monoisotopic (exact) mass is 293 g/mol. The van der Waals surface area contributed by atoms with Crippen molar-refractivity contribution in [2.24, 2.45) is 17.6 Å². The van der Waals surface area contributed by atoms with Crippen LogP contribution in [-0.4, -0.2) is 28.7 Å². The number of aromatic hydroxyl groups is 1. The number of hydrogen-bond acceptors (Lipinski definition) is 5. The summed E-state index contributed by atoms with van der Waals surface area (Å²) in [4.78, 5) is 23.0. The molecule has 0 spiro atoms. The van der Waals surface area contributed by atoms with Crippen molar-refractivity contribution in [2.45, 2.75) is 25.7 Å². The van der Waals surface area contributed by atoms with Crippen molar-refractivity contribution in [3.63, 3.8) is 0 Å². The zero-order valence-electron chi connectivity index (χ0n) is 11.6. The van der Waals surface area contributed by atoms with E-state index in [-0.39, 0.29) is 28.9 Å². The molecular formula is C15H19NO5. The highest BCUT2D eigenvalue weighted by molar-refractivity contribution is 5.91. The summed E-state index contributed by atoms with van der Waals surface area (Å²) in [5.74, 6) is -1.54. The molecular weight excluding hydrogens is 274 g/mol. The molecule has 0 amide bonds. The van der Waals surface area contributed by atoms with Gasteiger partial charge in [-0.25, -0.2) is 4.79 Å². The molecule has 0 radical (unpaired) electrons. The van der Waals surface area contributed by atoms with Crippen LogP contribution in [0.4, 0.5) is 0 Å². The Morgan fingerprint density at radius 3 is 2.48 bits per heavy atom. The van der Waals surface area contributed by atoms with E-state index in [2.05, 4.69) is 0 Å². The van der Waals surface area contributed by atoms with Crippen LogP contribution in [0.2, 0.25) is 0 Å². The third-order valence-corrected chi connectivity index (χ3v) is 3.93. The van der Waals surface area contributed by atoms with Gasteiger partial charge in [-0.2, -0.15) is 0 Å². The number of nitrogens with two attached hydrogens (primary N) is 1. The minimum atomic E-state index is -1.27. The van der Waals surface area contributed by atoms with Gasteiger partial charge in [0.25, 0.3) is 0 Å². The molecule has 1 aromatic rings. The second kappa shape index (κ2) is 6.58. The second-order valence-electron chi connectivity index (χ2n) is 5.36. The SMILES string of the molecule is NC[C@H]1CC[C@H](C(=O)Oc2ccc(O)c(C(=O)O)c2)CC1. The first kappa shape index (κ1) is 15.3. The lowest BCUT2D eigenvalue weighted by Crippen LogP contribution is -2.28. The van der Waals surface area contributed by atoms with Crippen molar-refractivity contribution in [2.75, 3.05) is 6.54 Å². The van der Waals surface area contributed by atoms with E-state index in [1.807, 2.05) is 0 Å². The van der Waals surface area contributed by atoms with Gasteiger partial charge >= 0.3 is 11.9 Å². The number of ether oxygens (including phenoxy) is 1. The Morgan fingerprint density at radius 2 is 1.90 bits per heavy atom. The van der Waals surface area contributed by atoms with Crippen LogP contribution in [-0.2, 0) is 4.79 Å². The van der Waals surface area contributed by atoms with Crippen LogP contribution < -0.4 is 10.5 Å². The number of aromatic carboxylic acids is 1. The zero-order chi connectivity index (χ0) is 15.4. The summed E-state index contributed by atoms with van der Waals surface area (Å²) in [7, 11) is 0. The minimum Gasteiger partial charge on any atom is -0.507 e. The van der Waals surface area contributed by atoms with Crippen molar-refractivity contribution >= 4 is 11.9 Å². The average molecular weight is 293 g/mol. The molecule has 6 nitrogen and oxygen atoms in total. The topological polar surface area (TPSA) is 110 Å². The Balaban J connectivity index is 2.00. The van der Waals surface area contributed by atoms with E-state index in [0.29, 0.717) is 12.5 Å². The Morgan fingerprint density at radius 1 is 1.24 bits per heavy atom. The van der Waals surface area contributed by atoms with Gasteiger partial charge < -0.3 is 20.7 Å². The molecule has 1 aromatic carbocycles. The number of rotatable bonds is 4. The van der Waals surface area contributed by atoms with Crippen molar-refractivity contribution < 1.29 is 24.5 Å². The van der Waals surface area contributed by atoms with Gasteiger partial charge in [0.05, 0.1) is 5.92 Å². The van der Waals surface area contributed by atoms with E-state index >= 15 is 0 Å². The van der Waals surface area contributed by atoms with E-state index in [1.165, 1.54) is 12.1 Å². The quantitative estimate of drug-likeness (QED) is 0.576. The van der Waals surface area contributed by atoms with E-state index in [4.69, 9.17) is 15.6 Å².